The number of benzene rings is 2. The number of anilines is 1. The Labute approximate surface area is 226 Å². The number of carbonyl (C=O) groups is 3. The smallest absolute Gasteiger partial charge is 0.304 e. The van der Waals surface area contributed by atoms with Crippen LogP contribution in [0.1, 0.15) is 48.7 Å². The van der Waals surface area contributed by atoms with Crippen LogP contribution in [0.5, 0.6) is 0 Å². The molecule has 2 amide bonds. The topological polar surface area (TPSA) is 120 Å². The van der Waals surface area contributed by atoms with Gasteiger partial charge in [0.25, 0.3) is 5.91 Å². The van der Waals surface area contributed by atoms with Crippen LogP contribution in [-0.4, -0.2) is 43.2 Å². The van der Waals surface area contributed by atoms with Gasteiger partial charge in [0.1, 0.15) is 0 Å². The third kappa shape index (κ3) is 6.98. The molecule has 1 aliphatic rings. The number of aryl methyl sites for hydroxylation is 1. The summed E-state index contributed by atoms with van der Waals surface area (Å²) in [6.45, 7) is 1.36. The lowest BCUT2D eigenvalue weighted by Crippen LogP contribution is -2.25. The molecule has 2 heterocycles. The van der Waals surface area contributed by atoms with Crippen LogP contribution in [0.25, 0.3) is 16.8 Å². The maximum absolute atomic E-state index is 13.3. The zero-order chi connectivity index (χ0) is 27.2. The van der Waals surface area contributed by atoms with E-state index in [2.05, 4.69) is 20.7 Å². The van der Waals surface area contributed by atoms with Gasteiger partial charge in [0.15, 0.2) is 6.73 Å². The predicted octanol–water partition coefficient (Wildman–Crippen LogP) is 4.11. The molecule has 10 heteroatoms. The molecule has 1 fully saturated rings. The van der Waals surface area contributed by atoms with Crippen molar-refractivity contribution >= 4 is 23.7 Å². The summed E-state index contributed by atoms with van der Waals surface area (Å²) in [5, 5.41) is 10.2. The molecule has 0 atom stereocenters. The summed E-state index contributed by atoms with van der Waals surface area (Å²) in [6, 6.07) is 17.2. The van der Waals surface area contributed by atoms with Crippen molar-refractivity contribution in [2.24, 2.45) is 0 Å². The number of hydrogen-bond acceptors (Lipinski definition) is 6. The first-order chi connectivity index (χ1) is 18.9. The molecule has 39 heavy (non-hydrogen) atoms. The van der Waals surface area contributed by atoms with Crippen molar-refractivity contribution in [1.29, 1.82) is 0 Å². The molecule has 200 valence electrons. The standard InChI is InChI=1S/C29H30N6O4/c1-20(36)39-19-34-17-23(16-30-34)21-7-5-8-22(15-21)28(38)33-29-32-25(9-6-12-27(37)31-24-13-14-24)18-35(29)26-10-3-2-4-11-26/h2-5,7-8,10-11,15-18,24H,6,9,12-14,19H2,1H3,(H,31,37)(H,32,33,38). The van der Waals surface area contributed by atoms with Crippen LogP contribution in [0, 0.1) is 0 Å². The van der Waals surface area contributed by atoms with Gasteiger partial charge in [-0.15, -0.1) is 0 Å². The van der Waals surface area contributed by atoms with Crippen molar-refractivity contribution in [1.82, 2.24) is 24.6 Å². The number of para-hydroxylation sites is 1. The molecule has 5 rings (SSSR count). The number of rotatable bonds is 11. The Bertz CT molecular complexity index is 1470. The predicted molar refractivity (Wildman–Crippen MR) is 145 cm³/mol. The van der Waals surface area contributed by atoms with Gasteiger partial charge in [0, 0.05) is 48.6 Å². The summed E-state index contributed by atoms with van der Waals surface area (Å²) < 4.78 is 8.34. The first-order valence-electron chi connectivity index (χ1n) is 13.0. The number of amides is 2. The molecule has 1 saturated carbocycles. The van der Waals surface area contributed by atoms with E-state index in [-0.39, 0.29) is 24.5 Å². The van der Waals surface area contributed by atoms with E-state index in [4.69, 9.17) is 4.74 Å². The molecule has 2 N–H and O–H groups in total. The molecule has 2 aromatic carbocycles. The maximum atomic E-state index is 13.3. The molecule has 0 unspecified atom stereocenters. The molecule has 0 spiro atoms. The minimum Gasteiger partial charge on any atom is -0.443 e. The fourth-order valence-electron chi connectivity index (χ4n) is 4.13. The fourth-order valence-corrected chi connectivity index (χ4v) is 4.13. The lowest BCUT2D eigenvalue weighted by Gasteiger charge is -2.09. The molecule has 2 aromatic heterocycles. The number of imidazole rings is 1. The summed E-state index contributed by atoms with van der Waals surface area (Å²) in [4.78, 5) is 41.1. The van der Waals surface area contributed by atoms with E-state index in [9.17, 15) is 14.4 Å². The van der Waals surface area contributed by atoms with Crippen molar-refractivity contribution in [2.45, 2.75) is 51.8 Å². The Morgan fingerprint density at radius 2 is 1.85 bits per heavy atom. The van der Waals surface area contributed by atoms with Crippen LogP contribution in [0.4, 0.5) is 5.95 Å². The molecule has 0 radical (unpaired) electrons. The van der Waals surface area contributed by atoms with E-state index >= 15 is 0 Å². The summed E-state index contributed by atoms with van der Waals surface area (Å²) in [5.74, 6) is -0.210. The molecule has 0 saturated heterocycles. The maximum Gasteiger partial charge on any atom is 0.304 e. The monoisotopic (exact) mass is 526 g/mol. The molecule has 0 bridgehead atoms. The van der Waals surface area contributed by atoms with Gasteiger partial charge in [-0.3, -0.25) is 24.3 Å². The van der Waals surface area contributed by atoms with Crippen LogP contribution in [0.15, 0.2) is 73.2 Å². The second kappa shape index (κ2) is 11.8. The zero-order valence-corrected chi connectivity index (χ0v) is 21.7. The minimum absolute atomic E-state index is 0.0190. The molecule has 0 aliphatic heterocycles. The van der Waals surface area contributed by atoms with Gasteiger partial charge in [-0.1, -0.05) is 30.3 Å². The van der Waals surface area contributed by atoms with Crippen molar-refractivity contribution in [3.8, 4) is 16.8 Å². The Morgan fingerprint density at radius 3 is 2.62 bits per heavy atom. The SMILES string of the molecule is CC(=O)OCn1cc(-c2cccc(C(=O)Nc3nc(CCCC(=O)NC4CC4)cn3-c3ccccc3)c2)cn1. The summed E-state index contributed by atoms with van der Waals surface area (Å²) in [6.07, 6.45) is 9.17. The highest BCUT2D eigenvalue weighted by Crippen LogP contribution is 2.23. The highest BCUT2D eigenvalue weighted by molar-refractivity contribution is 6.04. The van der Waals surface area contributed by atoms with Gasteiger partial charge < -0.3 is 10.1 Å². The van der Waals surface area contributed by atoms with Crippen LogP contribution >= 0.6 is 0 Å². The van der Waals surface area contributed by atoms with E-state index in [1.165, 1.54) is 11.6 Å². The largest absolute Gasteiger partial charge is 0.443 e. The normalized spacial score (nSPS) is 12.6. The van der Waals surface area contributed by atoms with Crippen LogP contribution < -0.4 is 10.6 Å². The average molecular weight is 527 g/mol. The molecule has 1 aliphatic carbocycles. The minimum atomic E-state index is -0.387. The fraction of sp³-hybridized carbons (Fsp3) is 0.276. The van der Waals surface area contributed by atoms with E-state index in [0.717, 1.165) is 35.3 Å². The van der Waals surface area contributed by atoms with Gasteiger partial charge in [-0.25, -0.2) is 9.67 Å². The molecular weight excluding hydrogens is 496 g/mol. The first-order valence-corrected chi connectivity index (χ1v) is 13.0. The average Bonchev–Trinajstić information content (AvgIpc) is 3.46. The van der Waals surface area contributed by atoms with E-state index in [0.29, 0.717) is 36.8 Å². The molecule has 10 nitrogen and oxygen atoms in total. The highest BCUT2D eigenvalue weighted by Gasteiger charge is 2.23. The van der Waals surface area contributed by atoms with Crippen molar-refractivity contribution in [3.05, 3.63) is 84.4 Å². The van der Waals surface area contributed by atoms with Crippen LogP contribution in [0.3, 0.4) is 0 Å². The highest BCUT2D eigenvalue weighted by atomic mass is 16.5. The number of nitrogens with zero attached hydrogens (tertiary/aromatic N) is 4. The number of aromatic nitrogens is 4. The number of hydrogen-bond donors (Lipinski definition) is 2. The Hall–Kier alpha value is -4.73. The third-order valence-electron chi connectivity index (χ3n) is 6.29. The summed E-state index contributed by atoms with van der Waals surface area (Å²) >= 11 is 0. The van der Waals surface area contributed by atoms with E-state index in [1.54, 1.807) is 30.6 Å². The molecule has 4 aromatic rings. The lowest BCUT2D eigenvalue weighted by molar-refractivity contribution is -0.145. The van der Waals surface area contributed by atoms with E-state index in [1.807, 2.05) is 47.2 Å². The van der Waals surface area contributed by atoms with Gasteiger partial charge in [-0.2, -0.15) is 5.10 Å². The van der Waals surface area contributed by atoms with Gasteiger partial charge in [0.05, 0.1) is 11.9 Å². The van der Waals surface area contributed by atoms with Crippen LogP contribution in [-0.2, 0) is 27.5 Å². The van der Waals surface area contributed by atoms with Crippen molar-refractivity contribution in [3.63, 3.8) is 0 Å². The summed E-state index contributed by atoms with van der Waals surface area (Å²) in [5.41, 5.74) is 3.71. The second-order valence-electron chi connectivity index (χ2n) is 9.53. The Kier molecular flexibility index (Phi) is 7.81. The quantitative estimate of drug-likeness (QED) is 0.284. The number of esters is 1. The van der Waals surface area contributed by atoms with E-state index < -0.39 is 0 Å². The van der Waals surface area contributed by atoms with Gasteiger partial charge >= 0.3 is 5.97 Å². The number of carbonyl (C=O) groups excluding carboxylic acids is 3. The Balaban J connectivity index is 1.30. The van der Waals surface area contributed by atoms with Crippen molar-refractivity contribution in [2.75, 3.05) is 5.32 Å². The van der Waals surface area contributed by atoms with Gasteiger partial charge in [-0.05, 0) is 55.5 Å². The second-order valence-corrected chi connectivity index (χ2v) is 9.53. The van der Waals surface area contributed by atoms with Crippen molar-refractivity contribution < 1.29 is 19.1 Å². The van der Waals surface area contributed by atoms with Gasteiger partial charge in [0.2, 0.25) is 11.9 Å². The number of ether oxygens (including phenoxy) is 1. The molecular formula is C29H30N6O4. The lowest BCUT2D eigenvalue weighted by atomic mass is 10.1. The Morgan fingerprint density at radius 1 is 1.03 bits per heavy atom. The van der Waals surface area contributed by atoms with Crippen LogP contribution in [0.2, 0.25) is 0 Å². The first kappa shape index (κ1) is 25.9. The third-order valence-corrected chi connectivity index (χ3v) is 6.29. The zero-order valence-electron chi connectivity index (χ0n) is 21.7. The summed E-state index contributed by atoms with van der Waals surface area (Å²) in [7, 11) is 0. The number of nitrogens with one attached hydrogen (secondary N) is 2.